The molecule has 0 saturated heterocycles. The van der Waals surface area contributed by atoms with Crippen LogP contribution in [0.25, 0.3) is 10.9 Å². The number of pyridine rings is 1. The Kier molecular flexibility index (Phi) is 3.16. The van der Waals surface area contributed by atoms with E-state index in [1.54, 1.807) is 17.7 Å². The summed E-state index contributed by atoms with van der Waals surface area (Å²) >= 11 is 0. The molecule has 0 atom stereocenters. The molecule has 0 aliphatic carbocycles. The van der Waals surface area contributed by atoms with Gasteiger partial charge >= 0.3 is 0 Å². The second-order valence-corrected chi connectivity index (χ2v) is 5.33. The third-order valence-corrected chi connectivity index (χ3v) is 3.51. The fraction of sp³-hybridized carbons (Fsp3) is 0.400. The monoisotopic (exact) mass is 244 g/mol. The molecule has 2 aromatic rings. The van der Waals surface area contributed by atoms with Crippen LogP contribution < -0.4 is 10.9 Å². The number of anilines is 1. The number of benzene rings is 1. The molecule has 2 rings (SSSR count). The SMILES string of the molecule is CCC(C)(C)Nc1cc(=O)n(C)c2ccccc12. The molecule has 0 fully saturated rings. The lowest BCUT2D eigenvalue weighted by atomic mass is 10.0. The molecule has 0 spiro atoms. The first kappa shape index (κ1) is 12.7. The van der Waals surface area contributed by atoms with Gasteiger partial charge in [-0.25, -0.2) is 0 Å². The van der Waals surface area contributed by atoms with E-state index in [1.807, 2.05) is 24.3 Å². The second kappa shape index (κ2) is 4.48. The quantitative estimate of drug-likeness (QED) is 0.900. The molecule has 0 amide bonds. The van der Waals surface area contributed by atoms with Gasteiger partial charge in [-0.3, -0.25) is 4.79 Å². The van der Waals surface area contributed by atoms with Crippen molar-refractivity contribution in [3.8, 4) is 0 Å². The van der Waals surface area contributed by atoms with Gasteiger partial charge in [0.25, 0.3) is 5.56 Å². The van der Waals surface area contributed by atoms with E-state index in [9.17, 15) is 4.79 Å². The number of para-hydroxylation sites is 1. The summed E-state index contributed by atoms with van der Waals surface area (Å²) in [4.78, 5) is 12.0. The fourth-order valence-corrected chi connectivity index (χ4v) is 1.97. The maximum absolute atomic E-state index is 12.0. The lowest BCUT2D eigenvalue weighted by Crippen LogP contribution is -2.31. The number of rotatable bonds is 3. The molecule has 0 radical (unpaired) electrons. The van der Waals surface area contributed by atoms with Crippen molar-refractivity contribution in [1.82, 2.24) is 4.57 Å². The average Bonchev–Trinajstić information content (AvgIpc) is 2.35. The predicted molar refractivity (Wildman–Crippen MR) is 77.2 cm³/mol. The minimum Gasteiger partial charge on any atom is -0.379 e. The van der Waals surface area contributed by atoms with Crippen LogP contribution >= 0.6 is 0 Å². The van der Waals surface area contributed by atoms with Crippen molar-refractivity contribution in [2.75, 3.05) is 5.32 Å². The highest BCUT2D eigenvalue weighted by Crippen LogP contribution is 2.24. The fourth-order valence-electron chi connectivity index (χ4n) is 1.97. The Morgan fingerprint density at radius 2 is 1.94 bits per heavy atom. The molecule has 3 heteroatoms. The maximum Gasteiger partial charge on any atom is 0.252 e. The highest BCUT2D eigenvalue weighted by molar-refractivity contribution is 5.91. The Morgan fingerprint density at radius 1 is 1.28 bits per heavy atom. The first-order chi connectivity index (χ1) is 8.44. The van der Waals surface area contributed by atoms with Crippen LogP contribution in [-0.2, 0) is 7.05 Å². The van der Waals surface area contributed by atoms with Crippen LogP contribution in [0.4, 0.5) is 5.69 Å². The number of nitrogens with zero attached hydrogens (tertiary/aromatic N) is 1. The summed E-state index contributed by atoms with van der Waals surface area (Å²) in [5, 5.41) is 4.55. The zero-order valence-electron chi connectivity index (χ0n) is 11.4. The van der Waals surface area contributed by atoms with E-state index in [0.717, 1.165) is 23.0 Å². The summed E-state index contributed by atoms with van der Waals surface area (Å²) in [6, 6.07) is 9.65. The highest BCUT2D eigenvalue weighted by Gasteiger charge is 2.16. The van der Waals surface area contributed by atoms with E-state index in [2.05, 4.69) is 26.1 Å². The highest BCUT2D eigenvalue weighted by atomic mass is 16.1. The van der Waals surface area contributed by atoms with Crippen molar-refractivity contribution in [2.24, 2.45) is 7.05 Å². The van der Waals surface area contributed by atoms with Gasteiger partial charge in [0.15, 0.2) is 0 Å². The number of hydrogen-bond donors (Lipinski definition) is 1. The summed E-state index contributed by atoms with van der Waals surface area (Å²) in [5.41, 5.74) is 1.87. The van der Waals surface area contributed by atoms with Crippen LogP contribution in [0.5, 0.6) is 0 Å². The van der Waals surface area contributed by atoms with Crippen LogP contribution in [0.1, 0.15) is 27.2 Å². The van der Waals surface area contributed by atoms with Crippen molar-refractivity contribution >= 4 is 16.6 Å². The van der Waals surface area contributed by atoms with E-state index < -0.39 is 0 Å². The topological polar surface area (TPSA) is 34.0 Å². The molecule has 3 nitrogen and oxygen atoms in total. The molecule has 1 aromatic heterocycles. The van der Waals surface area contributed by atoms with Crippen LogP contribution in [0.3, 0.4) is 0 Å². The van der Waals surface area contributed by atoms with Gasteiger partial charge in [-0.05, 0) is 26.3 Å². The number of aromatic nitrogens is 1. The molecular formula is C15H20N2O. The van der Waals surface area contributed by atoms with Gasteiger partial charge in [-0.2, -0.15) is 0 Å². The Hall–Kier alpha value is -1.77. The predicted octanol–water partition coefficient (Wildman–Crippen LogP) is 3.14. The molecule has 18 heavy (non-hydrogen) atoms. The average molecular weight is 244 g/mol. The Labute approximate surface area is 107 Å². The lowest BCUT2D eigenvalue weighted by Gasteiger charge is -2.27. The molecule has 0 unspecified atom stereocenters. The zero-order chi connectivity index (χ0) is 13.3. The van der Waals surface area contributed by atoms with E-state index in [-0.39, 0.29) is 11.1 Å². The first-order valence-corrected chi connectivity index (χ1v) is 6.31. The Balaban J connectivity index is 2.65. The van der Waals surface area contributed by atoms with Gasteiger partial charge in [0.05, 0.1) is 5.52 Å². The number of fused-ring (bicyclic) bond motifs is 1. The normalized spacial score (nSPS) is 11.8. The molecule has 1 aromatic carbocycles. The van der Waals surface area contributed by atoms with Gasteiger partial charge in [0.1, 0.15) is 0 Å². The second-order valence-electron chi connectivity index (χ2n) is 5.33. The summed E-state index contributed by atoms with van der Waals surface area (Å²) < 4.78 is 1.68. The smallest absolute Gasteiger partial charge is 0.252 e. The van der Waals surface area contributed by atoms with Crippen molar-refractivity contribution < 1.29 is 0 Å². The Bertz CT molecular complexity index is 626. The van der Waals surface area contributed by atoms with E-state index in [0.29, 0.717) is 0 Å². The molecule has 0 bridgehead atoms. The Morgan fingerprint density at radius 3 is 2.61 bits per heavy atom. The van der Waals surface area contributed by atoms with Crippen LogP contribution in [-0.4, -0.2) is 10.1 Å². The number of aryl methyl sites for hydroxylation is 1. The maximum atomic E-state index is 12.0. The van der Waals surface area contributed by atoms with Crippen LogP contribution in [0.15, 0.2) is 35.1 Å². The van der Waals surface area contributed by atoms with E-state index >= 15 is 0 Å². The van der Waals surface area contributed by atoms with Crippen LogP contribution in [0.2, 0.25) is 0 Å². The molecule has 0 saturated carbocycles. The standard InChI is InChI=1S/C15H20N2O/c1-5-15(2,3)16-12-10-14(18)17(4)13-9-7-6-8-11(12)13/h6-10,16H,5H2,1-4H3. The van der Waals surface area contributed by atoms with E-state index in [4.69, 9.17) is 0 Å². The lowest BCUT2D eigenvalue weighted by molar-refractivity contribution is 0.548. The summed E-state index contributed by atoms with van der Waals surface area (Å²) in [6.07, 6.45) is 0.997. The van der Waals surface area contributed by atoms with Crippen LogP contribution in [0, 0.1) is 0 Å². The minimum atomic E-state index is -0.0187. The third kappa shape index (κ3) is 2.26. The van der Waals surface area contributed by atoms with E-state index in [1.165, 1.54) is 0 Å². The molecule has 0 aliphatic rings. The minimum absolute atomic E-state index is 0.0168. The van der Waals surface area contributed by atoms with Crippen molar-refractivity contribution in [3.63, 3.8) is 0 Å². The third-order valence-electron chi connectivity index (χ3n) is 3.51. The van der Waals surface area contributed by atoms with Crippen molar-refractivity contribution in [3.05, 3.63) is 40.7 Å². The van der Waals surface area contributed by atoms with Gasteiger partial charge in [-0.1, -0.05) is 25.1 Å². The molecule has 1 N–H and O–H groups in total. The largest absolute Gasteiger partial charge is 0.379 e. The summed E-state index contributed by atoms with van der Waals surface area (Å²) in [5.74, 6) is 0. The van der Waals surface area contributed by atoms with Gasteiger partial charge < -0.3 is 9.88 Å². The van der Waals surface area contributed by atoms with Gasteiger partial charge in [0, 0.05) is 29.7 Å². The summed E-state index contributed by atoms with van der Waals surface area (Å²) in [7, 11) is 1.80. The summed E-state index contributed by atoms with van der Waals surface area (Å²) in [6.45, 7) is 6.41. The number of nitrogens with one attached hydrogen (secondary N) is 1. The van der Waals surface area contributed by atoms with Gasteiger partial charge in [-0.15, -0.1) is 0 Å². The van der Waals surface area contributed by atoms with Crippen molar-refractivity contribution in [1.29, 1.82) is 0 Å². The molecule has 1 heterocycles. The zero-order valence-corrected chi connectivity index (χ0v) is 11.4. The molecular weight excluding hydrogens is 224 g/mol. The number of hydrogen-bond acceptors (Lipinski definition) is 2. The molecule has 96 valence electrons. The first-order valence-electron chi connectivity index (χ1n) is 6.31. The molecule has 0 aliphatic heterocycles. The van der Waals surface area contributed by atoms with Crippen molar-refractivity contribution in [2.45, 2.75) is 32.7 Å². The van der Waals surface area contributed by atoms with Gasteiger partial charge in [0.2, 0.25) is 0 Å².